The number of nitrogens with zero attached hydrogens (tertiary/aromatic N) is 1. The zero-order valence-electron chi connectivity index (χ0n) is 10.4. The Morgan fingerprint density at radius 2 is 1.94 bits per heavy atom. The quantitative estimate of drug-likeness (QED) is 0.422. The predicted octanol–water partition coefficient (Wildman–Crippen LogP) is 2.94. The summed E-state index contributed by atoms with van der Waals surface area (Å²) in [5.74, 6) is 0. The van der Waals surface area contributed by atoms with Crippen LogP contribution in [0.15, 0.2) is 35.5 Å². The number of hydrogen-bond donors (Lipinski definition) is 0. The summed E-state index contributed by atoms with van der Waals surface area (Å²) in [5, 5.41) is 5.40. The minimum Gasteiger partial charge on any atom is -0.399 e. The summed E-state index contributed by atoms with van der Waals surface area (Å²) in [4.78, 5) is 5.39. The lowest BCUT2D eigenvalue weighted by molar-refractivity contribution is 0.188. The molecule has 0 N–H and O–H groups in total. The van der Waals surface area contributed by atoms with Crippen LogP contribution in [0.4, 0.5) is 0 Å². The molecule has 0 heterocycles. The van der Waals surface area contributed by atoms with Gasteiger partial charge in [0.2, 0.25) is 0 Å². The lowest BCUT2D eigenvalue weighted by atomic mass is 10.4. The fourth-order valence-electron chi connectivity index (χ4n) is 1.41. The van der Waals surface area contributed by atoms with Gasteiger partial charge < -0.3 is 4.84 Å². The lowest BCUT2D eigenvalue weighted by Gasteiger charge is -2.20. The molecule has 88 valence electrons. The molecule has 1 rings (SSSR count). The van der Waals surface area contributed by atoms with Crippen molar-refractivity contribution in [2.24, 2.45) is 5.16 Å². The van der Waals surface area contributed by atoms with Crippen molar-refractivity contribution in [1.82, 2.24) is 0 Å². The number of unbranched alkanes of at least 4 members (excludes halogenated alkanes) is 1. The van der Waals surface area contributed by atoms with Crippen molar-refractivity contribution in [3.63, 3.8) is 0 Å². The minimum atomic E-state index is -1.48. The minimum absolute atomic E-state index is 0.747. The molecule has 0 amide bonds. The van der Waals surface area contributed by atoms with Gasteiger partial charge in [0.1, 0.15) is 14.3 Å². The molecule has 0 unspecified atom stereocenters. The van der Waals surface area contributed by atoms with Crippen molar-refractivity contribution in [2.45, 2.75) is 32.9 Å². The highest BCUT2D eigenvalue weighted by atomic mass is 28.3. The number of hydrogen-bond acceptors (Lipinski definition) is 2. The van der Waals surface area contributed by atoms with Crippen LogP contribution in [0.3, 0.4) is 0 Å². The summed E-state index contributed by atoms with van der Waals surface area (Å²) >= 11 is 0. The average molecular weight is 235 g/mol. The Balaban J connectivity index is 2.46. The first-order valence-corrected chi connectivity index (χ1v) is 9.07. The highest BCUT2D eigenvalue weighted by Crippen LogP contribution is 2.04. The fraction of sp³-hybridized carbons (Fsp3) is 0.462. The maximum atomic E-state index is 5.39. The van der Waals surface area contributed by atoms with Crippen LogP contribution < -0.4 is 5.19 Å². The molecule has 0 radical (unpaired) electrons. The molecule has 0 atom stereocenters. The van der Waals surface area contributed by atoms with E-state index >= 15 is 0 Å². The Morgan fingerprint density at radius 1 is 1.25 bits per heavy atom. The van der Waals surface area contributed by atoms with Gasteiger partial charge in [-0.2, -0.15) is 0 Å². The van der Waals surface area contributed by atoms with Gasteiger partial charge in [0.05, 0.1) is 0 Å². The zero-order valence-corrected chi connectivity index (χ0v) is 11.4. The van der Waals surface area contributed by atoms with Crippen molar-refractivity contribution >= 4 is 19.5 Å². The molecule has 3 heteroatoms. The van der Waals surface area contributed by atoms with Gasteiger partial charge in [-0.05, 0) is 6.42 Å². The Bertz CT molecular complexity index is 322. The van der Waals surface area contributed by atoms with Crippen LogP contribution in [0.1, 0.15) is 19.8 Å². The van der Waals surface area contributed by atoms with E-state index in [1.165, 1.54) is 5.19 Å². The number of oxime groups is 1. The second-order valence-corrected chi connectivity index (χ2v) is 9.23. The van der Waals surface area contributed by atoms with E-state index in [1.54, 1.807) is 0 Å². The Hall–Kier alpha value is -1.09. The summed E-state index contributed by atoms with van der Waals surface area (Å²) < 4.78 is 0. The van der Waals surface area contributed by atoms with Crippen LogP contribution in [-0.4, -0.2) is 20.5 Å². The topological polar surface area (TPSA) is 21.6 Å². The Morgan fingerprint density at radius 3 is 2.56 bits per heavy atom. The van der Waals surface area contributed by atoms with Gasteiger partial charge >= 0.3 is 0 Å². The third kappa shape index (κ3) is 4.19. The first-order chi connectivity index (χ1) is 7.67. The summed E-state index contributed by atoms with van der Waals surface area (Å²) in [7, 11) is -1.48. The van der Waals surface area contributed by atoms with E-state index in [2.05, 4.69) is 49.4 Å². The van der Waals surface area contributed by atoms with Gasteiger partial charge in [0, 0.05) is 6.21 Å². The van der Waals surface area contributed by atoms with Crippen LogP contribution in [0.25, 0.3) is 0 Å². The van der Waals surface area contributed by atoms with Crippen molar-refractivity contribution in [2.75, 3.05) is 6.23 Å². The monoisotopic (exact) mass is 235 g/mol. The van der Waals surface area contributed by atoms with Crippen LogP contribution in [0.5, 0.6) is 0 Å². The van der Waals surface area contributed by atoms with E-state index in [0.717, 1.165) is 19.1 Å². The van der Waals surface area contributed by atoms with Gasteiger partial charge in [-0.1, -0.05) is 67.1 Å². The average Bonchev–Trinajstić information content (AvgIpc) is 2.30. The van der Waals surface area contributed by atoms with Crippen molar-refractivity contribution in [1.29, 1.82) is 0 Å². The molecule has 0 bridgehead atoms. The normalized spacial score (nSPS) is 11.9. The smallest absolute Gasteiger partial charge is 0.127 e. The van der Waals surface area contributed by atoms with Crippen molar-refractivity contribution < 1.29 is 4.84 Å². The molecule has 2 nitrogen and oxygen atoms in total. The first kappa shape index (κ1) is 13.0. The number of rotatable bonds is 6. The van der Waals surface area contributed by atoms with E-state index in [9.17, 15) is 0 Å². The lowest BCUT2D eigenvalue weighted by Crippen LogP contribution is -2.45. The van der Waals surface area contributed by atoms with Gasteiger partial charge in [0.15, 0.2) is 0 Å². The molecule has 0 saturated carbocycles. The molecule has 0 saturated heterocycles. The van der Waals surface area contributed by atoms with Gasteiger partial charge in [-0.3, -0.25) is 0 Å². The summed E-state index contributed by atoms with van der Waals surface area (Å²) in [5.41, 5.74) is 0. The molecular formula is C13H21NOSi. The standard InChI is InChI=1S/C13H21NOSi/c1-4-5-11-14-15-12-16(2,3)13-9-7-6-8-10-13/h6-11H,4-5,12H2,1-3H3/b14-11-. The summed E-state index contributed by atoms with van der Waals surface area (Å²) in [6.07, 6.45) is 4.71. The van der Waals surface area contributed by atoms with E-state index in [-0.39, 0.29) is 0 Å². The third-order valence-corrected chi connectivity index (χ3v) is 5.29. The van der Waals surface area contributed by atoms with Crippen LogP contribution in [-0.2, 0) is 4.84 Å². The summed E-state index contributed by atoms with van der Waals surface area (Å²) in [6.45, 7) is 6.74. The molecule has 0 spiro atoms. The first-order valence-electron chi connectivity index (χ1n) is 5.86. The SMILES string of the molecule is CCC/C=N\OC[Si](C)(C)c1ccccc1. The molecule has 0 aliphatic carbocycles. The predicted molar refractivity (Wildman–Crippen MR) is 72.9 cm³/mol. The van der Waals surface area contributed by atoms with Crippen LogP contribution >= 0.6 is 0 Å². The van der Waals surface area contributed by atoms with Crippen LogP contribution in [0.2, 0.25) is 13.1 Å². The second kappa shape index (κ2) is 6.48. The van der Waals surface area contributed by atoms with Gasteiger partial charge in [-0.15, -0.1) is 0 Å². The number of benzene rings is 1. The highest BCUT2D eigenvalue weighted by Gasteiger charge is 2.24. The molecule has 0 fully saturated rings. The van der Waals surface area contributed by atoms with Gasteiger partial charge in [0.25, 0.3) is 0 Å². The summed E-state index contributed by atoms with van der Waals surface area (Å²) in [6, 6.07) is 10.6. The zero-order chi connectivity index (χ0) is 11.9. The van der Waals surface area contributed by atoms with E-state index < -0.39 is 8.07 Å². The molecule has 0 aliphatic heterocycles. The maximum Gasteiger partial charge on any atom is 0.127 e. The molecule has 1 aromatic rings. The second-order valence-electron chi connectivity index (χ2n) is 4.60. The van der Waals surface area contributed by atoms with Crippen molar-refractivity contribution in [3.05, 3.63) is 30.3 Å². The molecule has 16 heavy (non-hydrogen) atoms. The van der Waals surface area contributed by atoms with E-state index in [0.29, 0.717) is 0 Å². The molecule has 1 aromatic carbocycles. The van der Waals surface area contributed by atoms with E-state index in [1.807, 2.05) is 12.3 Å². The van der Waals surface area contributed by atoms with E-state index in [4.69, 9.17) is 4.84 Å². The van der Waals surface area contributed by atoms with Crippen LogP contribution in [0, 0.1) is 0 Å². The third-order valence-electron chi connectivity index (χ3n) is 2.55. The Labute approximate surface area is 99.3 Å². The Kier molecular flexibility index (Phi) is 5.26. The van der Waals surface area contributed by atoms with Gasteiger partial charge in [-0.25, -0.2) is 0 Å². The maximum absolute atomic E-state index is 5.39. The highest BCUT2D eigenvalue weighted by molar-refractivity contribution is 6.89. The fourth-order valence-corrected chi connectivity index (χ4v) is 3.06. The molecule has 0 aliphatic rings. The largest absolute Gasteiger partial charge is 0.399 e. The molecule has 0 aromatic heterocycles. The molecular weight excluding hydrogens is 214 g/mol. The van der Waals surface area contributed by atoms with Crippen molar-refractivity contribution in [3.8, 4) is 0 Å².